The van der Waals surface area contributed by atoms with Gasteiger partial charge in [0.25, 0.3) is 0 Å². The Kier molecular flexibility index (Phi) is 4.23. The summed E-state index contributed by atoms with van der Waals surface area (Å²) in [4.78, 5) is 27.2. The predicted octanol–water partition coefficient (Wildman–Crippen LogP) is 1.18. The highest BCUT2D eigenvalue weighted by molar-refractivity contribution is 5.75. The quantitative estimate of drug-likeness (QED) is 0.665. The van der Waals surface area contributed by atoms with Crippen LogP contribution in [0.25, 0.3) is 0 Å². The van der Waals surface area contributed by atoms with Crippen molar-refractivity contribution in [2.24, 2.45) is 10.7 Å². The molecule has 0 spiro atoms. The van der Waals surface area contributed by atoms with Crippen LogP contribution in [0.3, 0.4) is 0 Å². The molecule has 0 bridgehead atoms. The lowest BCUT2D eigenvalue weighted by molar-refractivity contribution is -0.199. The molecule has 92 valence electrons. The summed E-state index contributed by atoms with van der Waals surface area (Å²) in [6, 6.07) is 0. The van der Waals surface area contributed by atoms with E-state index in [4.69, 9.17) is 4.84 Å². The van der Waals surface area contributed by atoms with Gasteiger partial charge in [0.15, 0.2) is 0 Å². The molecule has 1 aliphatic heterocycles. The van der Waals surface area contributed by atoms with Gasteiger partial charge in [0, 0.05) is 13.1 Å². The van der Waals surface area contributed by atoms with Crippen LogP contribution >= 0.6 is 0 Å². The number of nitrogens with zero attached hydrogens (tertiary/aromatic N) is 3. The third-order valence-electron chi connectivity index (χ3n) is 2.37. The molecule has 0 aromatic carbocycles. The Balaban J connectivity index is 2.44. The molecule has 0 saturated carbocycles. The summed E-state index contributed by atoms with van der Waals surface area (Å²) in [5.41, 5.74) is -0.505. The highest BCUT2D eigenvalue weighted by atomic mass is 16.7. The molecule has 1 heterocycles. The monoisotopic (exact) mass is 229 g/mol. The van der Waals surface area contributed by atoms with E-state index in [1.807, 2.05) is 20.8 Å². The smallest absolute Gasteiger partial charge is 0.330 e. The van der Waals surface area contributed by atoms with Crippen LogP contribution in [-0.2, 0) is 9.63 Å². The highest BCUT2D eigenvalue weighted by Crippen LogP contribution is 2.16. The number of carbonyl (C=O) groups excluding carboxylic acids is 1. The van der Waals surface area contributed by atoms with Crippen molar-refractivity contribution < 1.29 is 9.63 Å². The molecule has 0 radical (unpaired) electrons. The average Bonchev–Trinajstić information content (AvgIpc) is 2.41. The van der Waals surface area contributed by atoms with Crippen LogP contribution in [0.4, 0.5) is 0 Å². The Labute approximate surface area is 95.4 Å². The SMILES string of the molecule is CC(C)(C)C(=O)ON1CCCN(N=O)CC1. The largest absolute Gasteiger partial charge is 0.367 e. The van der Waals surface area contributed by atoms with E-state index < -0.39 is 5.41 Å². The summed E-state index contributed by atoms with van der Waals surface area (Å²) >= 11 is 0. The maximum absolute atomic E-state index is 11.6. The minimum atomic E-state index is -0.505. The fraction of sp³-hybridized carbons (Fsp3) is 0.900. The van der Waals surface area contributed by atoms with E-state index >= 15 is 0 Å². The Morgan fingerprint density at radius 2 is 1.88 bits per heavy atom. The van der Waals surface area contributed by atoms with Gasteiger partial charge in [0.05, 0.1) is 23.8 Å². The summed E-state index contributed by atoms with van der Waals surface area (Å²) in [5.74, 6) is -0.250. The molecule has 0 aromatic rings. The third kappa shape index (κ3) is 3.77. The molecule has 1 saturated heterocycles. The first kappa shape index (κ1) is 12.9. The van der Waals surface area contributed by atoms with Crippen LogP contribution in [-0.4, -0.2) is 42.2 Å². The fourth-order valence-corrected chi connectivity index (χ4v) is 1.31. The third-order valence-corrected chi connectivity index (χ3v) is 2.37. The van der Waals surface area contributed by atoms with E-state index in [9.17, 15) is 9.70 Å². The summed E-state index contributed by atoms with van der Waals surface area (Å²) in [5, 5.41) is 5.95. The summed E-state index contributed by atoms with van der Waals surface area (Å²) in [6.45, 7) is 7.72. The van der Waals surface area contributed by atoms with Crippen molar-refractivity contribution >= 4 is 5.97 Å². The zero-order valence-electron chi connectivity index (χ0n) is 10.1. The fourth-order valence-electron chi connectivity index (χ4n) is 1.31. The van der Waals surface area contributed by atoms with Gasteiger partial charge in [-0.25, -0.2) is 4.79 Å². The van der Waals surface area contributed by atoms with Gasteiger partial charge in [-0.3, -0.25) is 5.01 Å². The minimum Gasteiger partial charge on any atom is -0.367 e. The van der Waals surface area contributed by atoms with E-state index in [-0.39, 0.29) is 5.97 Å². The van der Waals surface area contributed by atoms with E-state index in [0.717, 1.165) is 6.42 Å². The number of hydrogen-bond acceptors (Lipinski definition) is 5. The van der Waals surface area contributed by atoms with Crippen LogP contribution in [0.2, 0.25) is 0 Å². The maximum atomic E-state index is 11.6. The molecule has 0 atom stereocenters. The van der Waals surface area contributed by atoms with Gasteiger partial charge in [-0.05, 0) is 27.2 Å². The molecule has 0 unspecified atom stereocenters. The lowest BCUT2D eigenvalue weighted by Crippen LogP contribution is -2.35. The van der Waals surface area contributed by atoms with Crippen molar-refractivity contribution in [2.45, 2.75) is 27.2 Å². The van der Waals surface area contributed by atoms with Crippen LogP contribution in [0.5, 0.6) is 0 Å². The highest BCUT2D eigenvalue weighted by Gasteiger charge is 2.26. The molecule has 6 nitrogen and oxygen atoms in total. The standard InChI is InChI=1S/C10H19N3O3/c1-10(2,3)9(14)16-13-6-4-5-12(11-15)7-8-13/h4-8H2,1-3H3. The molecular formula is C10H19N3O3. The summed E-state index contributed by atoms with van der Waals surface area (Å²) in [6.07, 6.45) is 0.767. The molecule has 0 aliphatic carbocycles. The number of carbonyl (C=O) groups is 1. The molecule has 6 heteroatoms. The Bertz CT molecular complexity index is 263. The Morgan fingerprint density at radius 1 is 1.19 bits per heavy atom. The van der Waals surface area contributed by atoms with Crippen molar-refractivity contribution in [2.75, 3.05) is 26.2 Å². The predicted molar refractivity (Wildman–Crippen MR) is 59.1 cm³/mol. The topological polar surface area (TPSA) is 62.2 Å². The van der Waals surface area contributed by atoms with Crippen molar-refractivity contribution in [3.63, 3.8) is 0 Å². The Hall–Kier alpha value is -1.17. The lowest BCUT2D eigenvalue weighted by atomic mass is 9.98. The number of nitroso groups, excluding NO2 is 1. The van der Waals surface area contributed by atoms with Gasteiger partial charge >= 0.3 is 5.97 Å². The first-order chi connectivity index (χ1) is 7.43. The van der Waals surface area contributed by atoms with E-state index in [1.54, 1.807) is 5.06 Å². The normalized spacial score (nSPS) is 19.1. The second-order valence-corrected chi connectivity index (χ2v) is 4.95. The molecular weight excluding hydrogens is 210 g/mol. The molecule has 1 fully saturated rings. The average molecular weight is 229 g/mol. The van der Waals surface area contributed by atoms with Crippen molar-refractivity contribution in [3.05, 3.63) is 4.91 Å². The second-order valence-electron chi connectivity index (χ2n) is 4.95. The zero-order chi connectivity index (χ0) is 12.2. The van der Waals surface area contributed by atoms with Crippen molar-refractivity contribution in [1.82, 2.24) is 10.1 Å². The van der Waals surface area contributed by atoms with E-state index in [2.05, 4.69) is 5.29 Å². The number of rotatable bonds is 2. The molecule has 0 aromatic heterocycles. The zero-order valence-corrected chi connectivity index (χ0v) is 10.1. The lowest BCUT2D eigenvalue weighted by Gasteiger charge is -2.23. The first-order valence-corrected chi connectivity index (χ1v) is 5.49. The number of hydrogen-bond donors (Lipinski definition) is 0. The number of hydroxylamine groups is 2. The summed E-state index contributed by atoms with van der Waals surface area (Å²) in [7, 11) is 0. The molecule has 1 rings (SSSR count). The maximum Gasteiger partial charge on any atom is 0.330 e. The van der Waals surface area contributed by atoms with Gasteiger partial charge in [-0.1, -0.05) is 0 Å². The first-order valence-electron chi connectivity index (χ1n) is 5.49. The molecule has 0 N–H and O–H groups in total. The molecule has 16 heavy (non-hydrogen) atoms. The summed E-state index contributed by atoms with van der Waals surface area (Å²) < 4.78 is 0. The van der Waals surface area contributed by atoms with Crippen LogP contribution < -0.4 is 0 Å². The van der Waals surface area contributed by atoms with Crippen molar-refractivity contribution in [3.8, 4) is 0 Å². The van der Waals surface area contributed by atoms with Crippen LogP contribution in [0.1, 0.15) is 27.2 Å². The second kappa shape index (κ2) is 5.25. The van der Waals surface area contributed by atoms with Crippen LogP contribution in [0, 0.1) is 10.3 Å². The van der Waals surface area contributed by atoms with E-state index in [1.165, 1.54) is 5.01 Å². The van der Waals surface area contributed by atoms with Gasteiger partial charge in [-0.15, -0.1) is 9.97 Å². The Morgan fingerprint density at radius 3 is 2.44 bits per heavy atom. The van der Waals surface area contributed by atoms with Gasteiger partial charge in [0.1, 0.15) is 0 Å². The molecule has 0 amide bonds. The van der Waals surface area contributed by atoms with Gasteiger partial charge in [-0.2, -0.15) is 0 Å². The van der Waals surface area contributed by atoms with Crippen LogP contribution in [0.15, 0.2) is 5.29 Å². The minimum absolute atomic E-state index is 0.250. The van der Waals surface area contributed by atoms with Gasteiger partial charge < -0.3 is 4.84 Å². The van der Waals surface area contributed by atoms with Crippen molar-refractivity contribution in [1.29, 1.82) is 0 Å². The van der Waals surface area contributed by atoms with Gasteiger partial charge in [0.2, 0.25) is 0 Å². The van der Waals surface area contributed by atoms with E-state index in [0.29, 0.717) is 26.2 Å². The molecule has 1 aliphatic rings.